The number of nitrogen functional groups attached to an aromatic ring is 1. The van der Waals surface area contributed by atoms with Gasteiger partial charge in [-0.05, 0) is 43.3 Å². The Hall–Kier alpha value is -4.43. The number of benzene rings is 2. The number of ether oxygens (including phenoxy) is 2. The zero-order chi connectivity index (χ0) is 25.2. The van der Waals surface area contributed by atoms with Crippen LogP contribution >= 0.6 is 11.3 Å². The van der Waals surface area contributed by atoms with Gasteiger partial charge >= 0.3 is 0 Å². The summed E-state index contributed by atoms with van der Waals surface area (Å²) in [6, 6.07) is 22.9. The van der Waals surface area contributed by atoms with Crippen LogP contribution in [0.1, 0.15) is 15.4 Å². The molecule has 36 heavy (non-hydrogen) atoms. The van der Waals surface area contributed by atoms with E-state index in [9.17, 15) is 4.79 Å². The van der Waals surface area contributed by atoms with E-state index in [0.29, 0.717) is 38.1 Å². The van der Waals surface area contributed by atoms with Gasteiger partial charge in [0.2, 0.25) is 0 Å². The quantitative estimate of drug-likeness (QED) is 0.291. The number of nitrogens with one attached hydrogen (secondary N) is 1. The summed E-state index contributed by atoms with van der Waals surface area (Å²) >= 11 is 1.25. The van der Waals surface area contributed by atoms with E-state index in [0.717, 1.165) is 28.1 Å². The Bertz CT molecular complexity index is 1580. The fourth-order valence-corrected chi connectivity index (χ4v) is 5.08. The van der Waals surface area contributed by atoms with Crippen molar-refractivity contribution in [2.75, 3.05) is 25.3 Å². The minimum Gasteiger partial charge on any atom is -0.497 e. The molecule has 5 aromatic rings. The number of carbonyl (C=O) groups excluding carboxylic acids is 1. The van der Waals surface area contributed by atoms with Crippen LogP contribution in [0.3, 0.4) is 0 Å². The molecule has 0 spiro atoms. The number of anilines is 2. The van der Waals surface area contributed by atoms with E-state index in [1.165, 1.54) is 11.3 Å². The largest absolute Gasteiger partial charge is 0.497 e. The lowest BCUT2D eigenvalue weighted by Gasteiger charge is -2.14. The summed E-state index contributed by atoms with van der Waals surface area (Å²) in [6.07, 6.45) is 0. The topological polar surface area (TPSA) is 99.4 Å². The predicted molar refractivity (Wildman–Crippen MR) is 145 cm³/mol. The van der Waals surface area contributed by atoms with Crippen LogP contribution in [-0.2, 0) is 0 Å². The van der Waals surface area contributed by atoms with Crippen LogP contribution in [0.15, 0.2) is 72.8 Å². The van der Waals surface area contributed by atoms with Crippen molar-refractivity contribution in [3.63, 3.8) is 0 Å². The Kier molecular flexibility index (Phi) is 6.26. The number of methoxy groups -OCH3 is 2. The van der Waals surface area contributed by atoms with Gasteiger partial charge in [0.05, 0.1) is 25.6 Å². The lowest BCUT2D eigenvalue weighted by atomic mass is 9.98. The van der Waals surface area contributed by atoms with Crippen LogP contribution in [0, 0.1) is 6.92 Å². The molecule has 7 nitrogen and oxygen atoms in total. The molecule has 0 radical (unpaired) electrons. The number of hydrogen-bond donors (Lipinski definition) is 2. The maximum atomic E-state index is 13.2. The summed E-state index contributed by atoms with van der Waals surface area (Å²) in [5.74, 6) is 1.46. The summed E-state index contributed by atoms with van der Waals surface area (Å²) < 4.78 is 11.2. The van der Waals surface area contributed by atoms with Gasteiger partial charge in [-0.3, -0.25) is 4.79 Å². The number of rotatable bonds is 6. The second kappa shape index (κ2) is 9.67. The maximum Gasteiger partial charge on any atom is 0.269 e. The second-order valence-corrected chi connectivity index (χ2v) is 9.13. The number of aryl methyl sites for hydroxylation is 1. The van der Waals surface area contributed by atoms with Gasteiger partial charge in [-0.15, -0.1) is 11.3 Å². The van der Waals surface area contributed by atoms with E-state index in [4.69, 9.17) is 20.2 Å². The maximum absolute atomic E-state index is 13.2. The first kappa shape index (κ1) is 23.3. The minimum absolute atomic E-state index is 0.335. The molecule has 2 aromatic carbocycles. The molecule has 1 amide bonds. The number of thiophene rings is 1. The molecule has 0 aliphatic heterocycles. The highest BCUT2D eigenvalue weighted by molar-refractivity contribution is 7.21. The molecular formula is C28H24N4O3S. The molecule has 8 heteroatoms. The highest BCUT2D eigenvalue weighted by Gasteiger charge is 2.23. The lowest BCUT2D eigenvalue weighted by Crippen LogP contribution is -2.13. The number of aromatic nitrogens is 2. The molecule has 0 saturated heterocycles. The SMILES string of the molecule is COc1ccc(OC)c(-c2cc(-c3ccccc3)nc3sc(C(=O)Nc4cccc(C)n4)c(N)c23)c1. The molecule has 5 rings (SSSR count). The van der Waals surface area contributed by atoms with Crippen molar-refractivity contribution >= 4 is 39.0 Å². The third-order valence-electron chi connectivity index (χ3n) is 5.80. The summed E-state index contributed by atoms with van der Waals surface area (Å²) in [5.41, 5.74) is 11.1. The van der Waals surface area contributed by atoms with E-state index in [-0.39, 0.29) is 5.91 Å². The highest BCUT2D eigenvalue weighted by Crippen LogP contribution is 2.44. The van der Waals surface area contributed by atoms with Gasteiger partial charge in [0.15, 0.2) is 0 Å². The molecule has 0 unspecified atom stereocenters. The molecule has 0 aliphatic carbocycles. The molecule has 3 aromatic heterocycles. The first-order chi connectivity index (χ1) is 17.5. The number of nitrogens with zero attached hydrogens (tertiary/aromatic N) is 2. The van der Waals surface area contributed by atoms with Crippen molar-refractivity contribution in [1.29, 1.82) is 0 Å². The van der Waals surface area contributed by atoms with Gasteiger partial charge < -0.3 is 20.5 Å². The number of pyridine rings is 2. The van der Waals surface area contributed by atoms with Gasteiger partial charge in [0, 0.05) is 27.8 Å². The third-order valence-corrected chi connectivity index (χ3v) is 6.90. The number of carbonyl (C=O) groups is 1. The number of nitrogens with two attached hydrogens (primary N) is 1. The third kappa shape index (κ3) is 4.34. The normalized spacial score (nSPS) is 10.9. The zero-order valence-electron chi connectivity index (χ0n) is 20.0. The van der Waals surface area contributed by atoms with Crippen LogP contribution < -0.4 is 20.5 Å². The van der Waals surface area contributed by atoms with E-state index in [2.05, 4.69) is 10.3 Å². The average molecular weight is 497 g/mol. The van der Waals surface area contributed by atoms with Crippen molar-refractivity contribution in [3.05, 3.63) is 83.4 Å². The van der Waals surface area contributed by atoms with E-state index in [1.807, 2.05) is 73.7 Å². The van der Waals surface area contributed by atoms with Gasteiger partial charge in [-0.25, -0.2) is 9.97 Å². The monoisotopic (exact) mass is 496 g/mol. The Balaban J connectivity index is 1.73. The standard InChI is InChI=1S/C28H24N4O3S/c1-16-8-7-11-23(30-16)32-27(33)26-25(29)24-20(19-14-18(34-2)12-13-22(19)35-3)15-21(31-28(24)36-26)17-9-5-4-6-10-17/h4-15H,29H2,1-3H3,(H,30,32,33). The fraction of sp³-hybridized carbons (Fsp3) is 0.107. The fourth-order valence-electron chi connectivity index (χ4n) is 4.07. The summed E-state index contributed by atoms with van der Waals surface area (Å²) in [6.45, 7) is 1.87. The molecule has 0 aliphatic rings. The molecule has 180 valence electrons. The van der Waals surface area contributed by atoms with Crippen molar-refractivity contribution in [2.45, 2.75) is 6.92 Å². The van der Waals surface area contributed by atoms with Gasteiger partial charge in [0.25, 0.3) is 5.91 Å². The Morgan fingerprint density at radius 2 is 1.72 bits per heavy atom. The van der Waals surface area contributed by atoms with Crippen LogP contribution in [0.2, 0.25) is 0 Å². The highest BCUT2D eigenvalue weighted by atomic mass is 32.1. The molecule has 0 bridgehead atoms. The molecule has 0 saturated carbocycles. The van der Waals surface area contributed by atoms with Crippen molar-refractivity contribution in [1.82, 2.24) is 9.97 Å². The number of hydrogen-bond acceptors (Lipinski definition) is 7. The first-order valence-corrected chi connectivity index (χ1v) is 12.1. The number of fused-ring (bicyclic) bond motifs is 1. The van der Waals surface area contributed by atoms with Crippen molar-refractivity contribution in [2.24, 2.45) is 0 Å². The summed E-state index contributed by atoms with van der Waals surface area (Å²) in [4.78, 5) is 23.5. The van der Waals surface area contributed by atoms with Gasteiger partial charge in [-0.2, -0.15) is 0 Å². The smallest absolute Gasteiger partial charge is 0.269 e. The molecule has 0 fully saturated rings. The molecule has 0 atom stereocenters. The van der Waals surface area contributed by atoms with Crippen LogP contribution in [0.4, 0.5) is 11.5 Å². The van der Waals surface area contributed by atoms with E-state index >= 15 is 0 Å². The lowest BCUT2D eigenvalue weighted by molar-refractivity contribution is 0.103. The zero-order valence-corrected chi connectivity index (χ0v) is 20.8. The van der Waals surface area contributed by atoms with E-state index in [1.54, 1.807) is 20.3 Å². The minimum atomic E-state index is -0.335. The van der Waals surface area contributed by atoms with Crippen molar-refractivity contribution in [3.8, 4) is 33.9 Å². The first-order valence-electron chi connectivity index (χ1n) is 11.2. The Labute approximate surface area is 212 Å². The van der Waals surface area contributed by atoms with Crippen LogP contribution in [0.25, 0.3) is 32.6 Å². The van der Waals surface area contributed by atoms with Gasteiger partial charge in [0.1, 0.15) is 27.0 Å². The summed E-state index contributed by atoms with van der Waals surface area (Å²) in [5, 5.41) is 3.54. The number of amides is 1. The Morgan fingerprint density at radius 3 is 2.44 bits per heavy atom. The Morgan fingerprint density at radius 1 is 0.917 bits per heavy atom. The second-order valence-electron chi connectivity index (χ2n) is 8.13. The van der Waals surface area contributed by atoms with Crippen LogP contribution in [-0.4, -0.2) is 30.1 Å². The van der Waals surface area contributed by atoms with Crippen molar-refractivity contribution < 1.29 is 14.3 Å². The predicted octanol–water partition coefficient (Wildman–Crippen LogP) is 6.19. The van der Waals surface area contributed by atoms with Crippen LogP contribution in [0.5, 0.6) is 11.5 Å². The molecular weight excluding hydrogens is 472 g/mol. The molecule has 3 N–H and O–H groups in total. The molecule has 3 heterocycles. The van der Waals surface area contributed by atoms with E-state index < -0.39 is 0 Å². The average Bonchev–Trinajstić information content (AvgIpc) is 3.24. The van der Waals surface area contributed by atoms with Gasteiger partial charge in [-0.1, -0.05) is 36.4 Å². The summed E-state index contributed by atoms with van der Waals surface area (Å²) in [7, 11) is 3.23.